The van der Waals surface area contributed by atoms with Gasteiger partial charge in [0, 0.05) is 27.1 Å². The summed E-state index contributed by atoms with van der Waals surface area (Å²) < 4.78 is 38.8. The van der Waals surface area contributed by atoms with Crippen molar-refractivity contribution < 1.29 is 33.5 Å². The largest absolute Gasteiger partial charge is 0.396 e. The predicted octanol–water partition coefficient (Wildman–Crippen LogP) is 7.46. The average Bonchev–Trinajstić information content (AvgIpc) is 3.85. The van der Waals surface area contributed by atoms with Crippen molar-refractivity contribution in [2.45, 2.75) is 144 Å². The Morgan fingerprint density at radius 2 is 1.04 bits per heavy atom. The van der Waals surface area contributed by atoms with Crippen LogP contribution >= 0.6 is 0 Å². The third-order valence-electron chi connectivity index (χ3n) is 18.1. The number of hydrogen-bond donors (Lipinski definition) is 1. The van der Waals surface area contributed by atoms with Crippen LogP contribution in [-0.2, 0) is 28.4 Å². The molecule has 1 N–H and O–H groups in total. The third kappa shape index (κ3) is 5.11. The molecule has 0 aromatic rings. The smallest absolute Gasteiger partial charge is 0.0634 e. The number of aliphatic hydroxyl groups excluding tert-OH is 1. The lowest BCUT2D eigenvalue weighted by Crippen LogP contribution is -2.51. The Kier molecular flexibility index (Phi) is 9.03. The zero-order valence-corrected chi connectivity index (χ0v) is 32.2. The molecule has 0 aromatic carbocycles. The average molecular weight is 687 g/mol. The van der Waals surface area contributed by atoms with Gasteiger partial charge in [0.15, 0.2) is 0 Å². The number of rotatable bonds is 16. The molecule has 2 saturated heterocycles. The second-order valence-electron chi connectivity index (χ2n) is 20.2. The van der Waals surface area contributed by atoms with Gasteiger partial charge in [-0.1, -0.05) is 48.5 Å². The number of aliphatic hydroxyl groups is 1. The zero-order valence-electron chi connectivity index (χ0n) is 32.2. The summed E-state index contributed by atoms with van der Waals surface area (Å²) in [7, 11) is 0. The van der Waals surface area contributed by atoms with Crippen molar-refractivity contribution in [1.29, 1.82) is 0 Å². The Bertz CT molecular complexity index is 1200. The highest BCUT2D eigenvalue weighted by Gasteiger charge is 2.72. The van der Waals surface area contributed by atoms with E-state index in [-0.39, 0.29) is 56.7 Å². The zero-order chi connectivity index (χ0) is 34.5. The van der Waals surface area contributed by atoms with Gasteiger partial charge >= 0.3 is 0 Å². The molecule has 8 rings (SSSR count). The molecular formula is C42H70O7. The molecule has 7 heteroatoms. The minimum Gasteiger partial charge on any atom is -0.396 e. The van der Waals surface area contributed by atoms with Crippen molar-refractivity contribution in [3.8, 4) is 0 Å². The maximum atomic E-state index is 10.9. The van der Waals surface area contributed by atoms with Crippen LogP contribution in [0, 0.1) is 61.6 Å². The van der Waals surface area contributed by atoms with Crippen LogP contribution in [0.25, 0.3) is 0 Å². The molecule has 0 amide bonds. The fourth-order valence-electron chi connectivity index (χ4n) is 13.9. The van der Waals surface area contributed by atoms with Crippen molar-refractivity contribution in [2.24, 2.45) is 61.6 Å². The Balaban J connectivity index is 0.872. The quantitative estimate of drug-likeness (QED) is 0.181. The summed E-state index contributed by atoms with van der Waals surface area (Å²) in [5.41, 5.74) is 0.977. The van der Waals surface area contributed by atoms with E-state index in [0.29, 0.717) is 49.1 Å². The molecule has 0 aromatic heterocycles. The minimum absolute atomic E-state index is 0.114. The van der Waals surface area contributed by atoms with Crippen molar-refractivity contribution >= 4 is 0 Å². The van der Waals surface area contributed by atoms with E-state index in [9.17, 15) is 5.11 Å². The first-order valence-corrected chi connectivity index (χ1v) is 20.6. The van der Waals surface area contributed by atoms with Crippen molar-refractivity contribution in [3.05, 3.63) is 0 Å². The summed E-state index contributed by atoms with van der Waals surface area (Å²) in [4.78, 5) is 0. The summed E-state index contributed by atoms with van der Waals surface area (Å²) in [5, 5.41) is 10.9. The van der Waals surface area contributed by atoms with Gasteiger partial charge in [-0.3, -0.25) is 0 Å². The van der Waals surface area contributed by atoms with E-state index >= 15 is 0 Å². The maximum absolute atomic E-state index is 10.9. The van der Waals surface area contributed by atoms with Gasteiger partial charge in [0.2, 0.25) is 0 Å². The second kappa shape index (κ2) is 12.4. The van der Waals surface area contributed by atoms with Crippen LogP contribution in [0.5, 0.6) is 0 Å². The van der Waals surface area contributed by atoms with Gasteiger partial charge in [-0.25, -0.2) is 0 Å². The Hall–Kier alpha value is -0.280. The molecule has 280 valence electrons. The van der Waals surface area contributed by atoms with Gasteiger partial charge in [0.25, 0.3) is 0 Å². The Morgan fingerprint density at radius 1 is 0.612 bits per heavy atom. The van der Waals surface area contributed by atoms with E-state index in [4.69, 9.17) is 28.4 Å². The molecule has 49 heavy (non-hydrogen) atoms. The van der Waals surface area contributed by atoms with E-state index in [0.717, 1.165) is 78.2 Å². The first kappa shape index (κ1) is 35.7. The van der Waals surface area contributed by atoms with Gasteiger partial charge in [-0.2, -0.15) is 0 Å². The van der Waals surface area contributed by atoms with Crippen LogP contribution in [-0.4, -0.2) is 89.0 Å². The van der Waals surface area contributed by atoms with Crippen LogP contribution in [0.15, 0.2) is 0 Å². The van der Waals surface area contributed by atoms with Gasteiger partial charge < -0.3 is 33.5 Å². The van der Waals surface area contributed by atoms with Gasteiger partial charge in [0.1, 0.15) is 0 Å². The molecule has 13 atom stereocenters. The number of ether oxygens (including phenoxy) is 6. The first-order chi connectivity index (χ1) is 23.4. The van der Waals surface area contributed by atoms with E-state index in [1.165, 1.54) is 32.1 Å². The minimum atomic E-state index is -0.358. The lowest BCUT2D eigenvalue weighted by Gasteiger charge is -2.49. The van der Waals surface area contributed by atoms with E-state index in [1.807, 2.05) is 0 Å². The fraction of sp³-hybridized carbons (Fsp3) is 1.00. The summed E-state index contributed by atoms with van der Waals surface area (Å²) in [6.45, 7) is 23.3. The molecule has 13 unspecified atom stereocenters. The third-order valence-corrected chi connectivity index (χ3v) is 18.1. The normalized spacial score (nSPS) is 49.5. The van der Waals surface area contributed by atoms with Crippen LogP contribution in [0.2, 0.25) is 0 Å². The molecule has 6 saturated carbocycles. The Morgan fingerprint density at radius 3 is 1.45 bits per heavy atom. The summed E-state index contributed by atoms with van der Waals surface area (Å²) in [6.07, 6.45) is 13.9. The topological polar surface area (TPSA) is 75.6 Å². The van der Waals surface area contributed by atoms with Gasteiger partial charge in [-0.15, -0.1) is 0 Å². The molecule has 2 heterocycles. The highest BCUT2D eigenvalue weighted by molar-refractivity contribution is 5.20. The van der Waals surface area contributed by atoms with Crippen LogP contribution in [0.4, 0.5) is 0 Å². The molecule has 0 radical (unpaired) electrons. The van der Waals surface area contributed by atoms with Crippen molar-refractivity contribution in [1.82, 2.24) is 0 Å². The number of hydrogen-bond acceptors (Lipinski definition) is 7. The SMILES string of the molecule is CCC1(COC2CC3CC2(C)C2CCC(OCC(CC)(CO)COC4CC5CC4(C)C4CCC(OCC6(CC)COC6)C54C)C32C)COC1. The first-order valence-electron chi connectivity index (χ1n) is 20.6. The van der Waals surface area contributed by atoms with Crippen molar-refractivity contribution in [3.63, 3.8) is 0 Å². The van der Waals surface area contributed by atoms with E-state index in [2.05, 4.69) is 48.5 Å². The fourth-order valence-corrected chi connectivity index (χ4v) is 13.9. The molecule has 6 aliphatic carbocycles. The molecule has 2 aliphatic heterocycles. The summed E-state index contributed by atoms with van der Waals surface area (Å²) in [6, 6.07) is 0. The molecule has 0 spiro atoms. The van der Waals surface area contributed by atoms with Crippen LogP contribution < -0.4 is 0 Å². The van der Waals surface area contributed by atoms with Crippen LogP contribution in [0.1, 0.15) is 119 Å². The van der Waals surface area contributed by atoms with Crippen LogP contribution in [0.3, 0.4) is 0 Å². The lowest BCUT2D eigenvalue weighted by molar-refractivity contribution is -0.186. The van der Waals surface area contributed by atoms with Gasteiger partial charge in [-0.05, 0) is 105 Å². The monoisotopic (exact) mass is 687 g/mol. The second-order valence-corrected chi connectivity index (χ2v) is 20.2. The highest BCUT2D eigenvalue weighted by atomic mass is 16.5. The van der Waals surface area contributed by atoms with E-state index < -0.39 is 0 Å². The standard InChI is InChI=1S/C42H70O7/c1-8-40(19-43,24-46-32-13-11-31-37(5)18-29(38(31,32)6)16-35(37)49-27-42(10-3)22-45-23-42)25-48-34-15-28-17-36(34,4)30-12-14-33(39(28,30)7)47-26-41(9-2)20-44-21-41/h28-35,43H,8-27H2,1-7H3. The van der Waals surface area contributed by atoms with E-state index in [1.54, 1.807) is 0 Å². The summed E-state index contributed by atoms with van der Waals surface area (Å²) >= 11 is 0. The number of fused-ring (bicyclic) bond motifs is 10. The molecule has 8 fully saturated rings. The molecule has 8 aliphatic rings. The Labute approximate surface area is 297 Å². The molecule has 4 bridgehead atoms. The maximum Gasteiger partial charge on any atom is 0.0634 e. The lowest BCUT2D eigenvalue weighted by atomic mass is 9.62. The highest BCUT2D eigenvalue weighted by Crippen LogP contribution is 2.74. The molecule has 7 nitrogen and oxygen atoms in total. The summed E-state index contributed by atoms with van der Waals surface area (Å²) in [5.74, 6) is 2.58. The van der Waals surface area contributed by atoms with Crippen molar-refractivity contribution in [2.75, 3.05) is 59.5 Å². The molecular weight excluding hydrogens is 616 g/mol. The predicted molar refractivity (Wildman–Crippen MR) is 189 cm³/mol. The van der Waals surface area contributed by atoms with Gasteiger partial charge in [0.05, 0.1) is 83.9 Å².